The molecule has 0 aliphatic carbocycles. The Bertz CT molecular complexity index is 654. The summed E-state index contributed by atoms with van der Waals surface area (Å²) in [6, 6.07) is 11.7. The number of carbonyl (C=O) groups excluding carboxylic acids is 1. The molecular weight excluding hydrogens is 292 g/mol. The van der Waals surface area contributed by atoms with Gasteiger partial charge in [0.05, 0.1) is 0 Å². The Morgan fingerprint density at radius 3 is 2.38 bits per heavy atom. The van der Waals surface area contributed by atoms with Gasteiger partial charge in [-0.1, -0.05) is 41.9 Å². The van der Waals surface area contributed by atoms with Gasteiger partial charge in [-0.3, -0.25) is 4.79 Å². The van der Waals surface area contributed by atoms with E-state index in [2.05, 4.69) is 5.32 Å². The molecule has 0 heterocycles. The van der Waals surface area contributed by atoms with Gasteiger partial charge >= 0.3 is 5.97 Å². The van der Waals surface area contributed by atoms with E-state index in [0.717, 1.165) is 0 Å². The maximum atomic E-state index is 12.1. The summed E-state index contributed by atoms with van der Waals surface area (Å²) >= 11 is 5.83. The van der Waals surface area contributed by atoms with Crippen molar-refractivity contribution in [1.29, 1.82) is 0 Å². The lowest BCUT2D eigenvalue weighted by Crippen LogP contribution is -2.33. The van der Waals surface area contributed by atoms with E-state index in [1.165, 1.54) is 18.2 Å². The van der Waals surface area contributed by atoms with Crippen LogP contribution in [0.4, 0.5) is 5.69 Å². The van der Waals surface area contributed by atoms with Crippen LogP contribution in [0.2, 0.25) is 5.02 Å². The van der Waals surface area contributed by atoms with E-state index in [-0.39, 0.29) is 5.56 Å². The second kappa shape index (κ2) is 6.28. The van der Waals surface area contributed by atoms with Crippen LogP contribution in [0.1, 0.15) is 22.0 Å². The highest BCUT2D eigenvalue weighted by Crippen LogP contribution is 2.18. The molecule has 0 saturated carbocycles. The third-order valence-corrected chi connectivity index (χ3v) is 3.06. The molecule has 6 heteroatoms. The summed E-state index contributed by atoms with van der Waals surface area (Å²) in [5, 5.41) is 12.0. The zero-order chi connectivity index (χ0) is 15.4. The van der Waals surface area contributed by atoms with Gasteiger partial charge in [-0.05, 0) is 23.8 Å². The number of carbonyl (C=O) groups is 2. The Hall–Kier alpha value is -2.53. The Morgan fingerprint density at radius 1 is 1.14 bits per heavy atom. The van der Waals surface area contributed by atoms with Gasteiger partial charge < -0.3 is 16.2 Å². The Balaban J connectivity index is 2.25. The maximum Gasteiger partial charge on any atom is 0.330 e. The number of nitrogens with one attached hydrogen (secondary N) is 1. The number of halogens is 1. The lowest BCUT2D eigenvalue weighted by Gasteiger charge is -2.15. The fourth-order valence-electron chi connectivity index (χ4n) is 1.89. The van der Waals surface area contributed by atoms with E-state index in [9.17, 15) is 14.7 Å². The largest absolute Gasteiger partial charge is 0.479 e. The minimum Gasteiger partial charge on any atom is -0.479 e. The molecule has 2 rings (SSSR count). The van der Waals surface area contributed by atoms with Crippen molar-refractivity contribution < 1.29 is 14.7 Å². The first-order valence-corrected chi connectivity index (χ1v) is 6.50. The molecule has 1 atom stereocenters. The maximum absolute atomic E-state index is 12.1. The van der Waals surface area contributed by atoms with Crippen LogP contribution >= 0.6 is 11.6 Å². The van der Waals surface area contributed by atoms with E-state index >= 15 is 0 Å². The lowest BCUT2D eigenvalue weighted by molar-refractivity contribution is -0.139. The average Bonchev–Trinajstić information content (AvgIpc) is 2.44. The number of anilines is 1. The summed E-state index contributed by atoms with van der Waals surface area (Å²) in [4.78, 5) is 23.5. The number of rotatable bonds is 4. The molecule has 0 radical (unpaired) electrons. The minimum atomic E-state index is -1.15. The number of aliphatic carboxylic acids is 1. The molecule has 0 aliphatic heterocycles. The van der Waals surface area contributed by atoms with Gasteiger partial charge in [-0.15, -0.1) is 0 Å². The topological polar surface area (TPSA) is 92.4 Å². The summed E-state index contributed by atoms with van der Waals surface area (Å²) in [6.45, 7) is 0. The van der Waals surface area contributed by atoms with E-state index < -0.39 is 17.9 Å². The molecule has 0 aromatic heterocycles. The highest BCUT2D eigenvalue weighted by molar-refractivity contribution is 6.31. The van der Waals surface area contributed by atoms with Crippen LogP contribution in [0.5, 0.6) is 0 Å². The van der Waals surface area contributed by atoms with E-state index in [0.29, 0.717) is 16.3 Å². The van der Waals surface area contributed by atoms with E-state index in [1.54, 1.807) is 30.3 Å². The molecule has 21 heavy (non-hydrogen) atoms. The fraction of sp³-hybridized carbons (Fsp3) is 0.0667. The van der Waals surface area contributed by atoms with Crippen LogP contribution in [0.15, 0.2) is 48.5 Å². The van der Waals surface area contributed by atoms with Gasteiger partial charge in [-0.2, -0.15) is 0 Å². The summed E-state index contributed by atoms with van der Waals surface area (Å²) in [7, 11) is 0. The Morgan fingerprint density at radius 2 is 1.81 bits per heavy atom. The van der Waals surface area contributed by atoms with Crippen molar-refractivity contribution in [3.63, 3.8) is 0 Å². The molecule has 0 fully saturated rings. The number of hydrogen-bond acceptors (Lipinski definition) is 3. The van der Waals surface area contributed by atoms with Crippen molar-refractivity contribution >= 4 is 29.2 Å². The summed E-state index contributed by atoms with van der Waals surface area (Å²) in [5.41, 5.74) is 6.64. The second-order valence-electron chi connectivity index (χ2n) is 4.43. The smallest absolute Gasteiger partial charge is 0.330 e. The van der Waals surface area contributed by atoms with Crippen molar-refractivity contribution in [3.05, 3.63) is 64.7 Å². The zero-order valence-electron chi connectivity index (χ0n) is 10.9. The SMILES string of the molecule is Nc1cc(Cl)cc(C(=O)NC(C(=O)O)c2ccccc2)c1. The van der Waals surface area contributed by atoms with Crippen molar-refractivity contribution in [2.45, 2.75) is 6.04 Å². The third-order valence-electron chi connectivity index (χ3n) is 2.84. The Labute approximate surface area is 126 Å². The van der Waals surface area contributed by atoms with Gasteiger partial charge in [0.1, 0.15) is 0 Å². The summed E-state index contributed by atoms with van der Waals surface area (Å²) in [5.74, 6) is -1.70. The first-order valence-electron chi connectivity index (χ1n) is 6.12. The molecule has 1 amide bonds. The van der Waals surface area contributed by atoms with Crippen molar-refractivity contribution in [3.8, 4) is 0 Å². The lowest BCUT2D eigenvalue weighted by atomic mass is 10.1. The molecule has 2 aromatic carbocycles. The first-order chi connectivity index (χ1) is 9.97. The monoisotopic (exact) mass is 304 g/mol. The number of amides is 1. The molecule has 1 unspecified atom stereocenters. The predicted octanol–water partition coefficient (Wildman–Crippen LogP) is 2.48. The van der Waals surface area contributed by atoms with Gasteiger partial charge in [0.25, 0.3) is 5.91 Å². The molecule has 108 valence electrons. The van der Waals surface area contributed by atoms with Crippen molar-refractivity contribution in [2.75, 3.05) is 5.73 Å². The molecule has 0 saturated heterocycles. The van der Waals surface area contributed by atoms with Crippen LogP contribution in [-0.4, -0.2) is 17.0 Å². The van der Waals surface area contributed by atoms with Gasteiger partial charge in [0.2, 0.25) is 0 Å². The molecular formula is C15H13ClN2O3. The molecule has 0 spiro atoms. The average molecular weight is 305 g/mol. The number of nitrogens with two attached hydrogens (primary N) is 1. The fourth-order valence-corrected chi connectivity index (χ4v) is 2.13. The summed E-state index contributed by atoms with van der Waals surface area (Å²) < 4.78 is 0. The third kappa shape index (κ3) is 3.73. The summed E-state index contributed by atoms with van der Waals surface area (Å²) in [6.07, 6.45) is 0. The number of carboxylic acids is 1. The standard InChI is InChI=1S/C15H13ClN2O3/c16-11-6-10(7-12(17)8-11)14(19)18-13(15(20)21)9-4-2-1-3-5-9/h1-8,13H,17H2,(H,18,19)(H,20,21). The molecule has 0 aliphatic rings. The minimum absolute atomic E-state index is 0.210. The zero-order valence-corrected chi connectivity index (χ0v) is 11.7. The number of carboxylic acid groups (broad SMARTS) is 1. The molecule has 0 bridgehead atoms. The van der Waals surface area contributed by atoms with E-state index in [4.69, 9.17) is 17.3 Å². The van der Waals surface area contributed by atoms with Crippen LogP contribution in [0.25, 0.3) is 0 Å². The van der Waals surface area contributed by atoms with Gasteiger partial charge in [0, 0.05) is 16.3 Å². The van der Waals surface area contributed by atoms with Crippen molar-refractivity contribution in [1.82, 2.24) is 5.32 Å². The highest BCUT2D eigenvalue weighted by Gasteiger charge is 2.22. The van der Waals surface area contributed by atoms with Gasteiger partial charge in [-0.25, -0.2) is 4.79 Å². The second-order valence-corrected chi connectivity index (χ2v) is 4.87. The van der Waals surface area contributed by atoms with Crippen molar-refractivity contribution in [2.24, 2.45) is 0 Å². The normalized spacial score (nSPS) is 11.7. The van der Waals surface area contributed by atoms with E-state index in [1.807, 2.05) is 0 Å². The van der Waals surface area contributed by atoms with Crippen LogP contribution in [0.3, 0.4) is 0 Å². The van der Waals surface area contributed by atoms with Crippen LogP contribution in [0, 0.1) is 0 Å². The molecule has 4 N–H and O–H groups in total. The number of nitrogen functional groups attached to an aromatic ring is 1. The van der Waals surface area contributed by atoms with Crippen LogP contribution < -0.4 is 11.1 Å². The van der Waals surface area contributed by atoms with Crippen LogP contribution in [-0.2, 0) is 4.79 Å². The quantitative estimate of drug-likeness (QED) is 0.757. The number of benzene rings is 2. The molecule has 5 nitrogen and oxygen atoms in total. The molecule has 2 aromatic rings. The first kappa shape index (κ1) is 14.9. The number of hydrogen-bond donors (Lipinski definition) is 3. The van der Waals surface area contributed by atoms with Gasteiger partial charge in [0.15, 0.2) is 6.04 Å². The Kier molecular flexibility index (Phi) is 4.45. The predicted molar refractivity (Wildman–Crippen MR) is 80.1 cm³/mol. The highest BCUT2D eigenvalue weighted by atomic mass is 35.5.